The molecule has 0 aromatic carbocycles. The van der Waals surface area contributed by atoms with E-state index in [1.807, 2.05) is 13.8 Å². The van der Waals surface area contributed by atoms with Crippen LogP contribution in [0, 0.1) is 17.8 Å². The van der Waals surface area contributed by atoms with Crippen molar-refractivity contribution in [1.29, 1.82) is 0 Å². The lowest BCUT2D eigenvalue weighted by atomic mass is 9.93. The third-order valence-corrected chi connectivity index (χ3v) is 3.67. The molecule has 3 atom stereocenters. The first-order valence-electron chi connectivity index (χ1n) is 6.87. The molecule has 1 rings (SSSR count). The van der Waals surface area contributed by atoms with Gasteiger partial charge in [0.05, 0.1) is 6.10 Å². The Morgan fingerprint density at radius 1 is 1.58 bits per heavy atom. The maximum Gasteiger partial charge on any atom is 0.231 e. The van der Waals surface area contributed by atoms with E-state index in [1.165, 1.54) is 0 Å². The van der Waals surface area contributed by atoms with E-state index in [1.54, 1.807) is 0 Å². The molecule has 110 valence electrons. The van der Waals surface area contributed by atoms with Gasteiger partial charge < -0.3 is 21.0 Å². The van der Waals surface area contributed by atoms with E-state index < -0.39 is 5.92 Å². The highest BCUT2D eigenvalue weighted by Crippen LogP contribution is 2.22. The van der Waals surface area contributed by atoms with Crippen LogP contribution in [-0.4, -0.2) is 36.2 Å². The fourth-order valence-electron chi connectivity index (χ4n) is 2.56. The number of nitrogens with one attached hydrogen (secondary N) is 1. The van der Waals surface area contributed by atoms with Gasteiger partial charge in [-0.3, -0.25) is 4.79 Å². The number of amidine groups is 1. The SMILES string of the molecule is CCC1OCCC1CNC(=O)C(C(N)=NO)C(C)C. The number of rotatable bonds is 6. The summed E-state index contributed by atoms with van der Waals surface area (Å²) in [6, 6.07) is 0. The van der Waals surface area contributed by atoms with E-state index in [2.05, 4.69) is 17.4 Å². The van der Waals surface area contributed by atoms with Crippen molar-refractivity contribution in [2.75, 3.05) is 13.2 Å². The van der Waals surface area contributed by atoms with Crippen LogP contribution < -0.4 is 11.1 Å². The summed E-state index contributed by atoms with van der Waals surface area (Å²) in [5, 5.41) is 14.6. The molecule has 0 aliphatic carbocycles. The summed E-state index contributed by atoms with van der Waals surface area (Å²) >= 11 is 0. The van der Waals surface area contributed by atoms with Crippen LogP contribution in [0.4, 0.5) is 0 Å². The number of hydrogen-bond acceptors (Lipinski definition) is 4. The van der Waals surface area contributed by atoms with Gasteiger partial charge in [-0.1, -0.05) is 25.9 Å². The number of carbonyl (C=O) groups is 1. The summed E-state index contributed by atoms with van der Waals surface area (Å²) in [6.07, 6.45) is 2.14. The van der Waals surface area contributed by atoms with Gasteiger partial charge in [0, 0.05) is 19.1 Å². The summed E-state index contributed by atoms with van der Waals surface area (Å²) in [5.41, 5.74) is 5.57. The molecule has 0 aromatic rings. The summed E-state index contributed by atoms with van der Waals surface area (Å²) in [5.74, 6) is -0.478. The van der Waals surface area contributed by atoms with Crippen LogP contribution in [0.25, 0.3) is 0 Å². The molecule has 6 nitrogen and oxygen atoms in total. The fourth-order valence-corrected chi connectivity index (χ4v) is 2.56. The Hall–Kier alpha value is -1.30. The first kappa shape index (κ1) is 15.8. The summed E-state index contributed by atoms with van der Waals surface area (Å²) < 4.78 is 5.58. The summed E-state index contributed by atoms with van der Waals surface area (Å²) in [7, 11) is 0. The maximum absolute atomic E-state index is 12.1. The summed E-state index contributed by atoms with van der Waals surface area (Å²) in [4.78, 5) is 12.1. The predicted octanol–water partition coefficient (Wildman–Crippen LogP) is 0.936. The number of ether oxygens (including phenoxy) is 1. The van der Waals surface area contributed by atoms with Crippen LogP contribution in [0.5, 0.6) is 0 Å². The molecular formula is C13H25N3O3. The van der Waals surface area contributed by atoms with Gasteiger partial charge in [0.1, 0.15) is 5.92 Å². The monoisotopic (exact) mass is 271 g/mol. The Balaban J connectivity index is 2.53. The van der Waals surface area contributed by atoms with Gasteiger partial charge in [0.25, 0.3) is 0 Å². The van der Waals surface area contributed by atoms with Crippen molar-refractivity contribution in [3.05, 3.63) is 0 Å². The topological polar surface area (TPSA) is 96.9 Å². The standard InChI is InChI=1S/C13H25N3O3/c1-4-10-9(5-6-19-10)7-15-13(17)11(8(2)3)12(14)16-18/h8-11,18H,4-7H2,1-3H3,(H2,14,16)(H,15,17). The van der Waals surface area contributed by atoms with Crippen molar-refractivity contribution < 1.29 is 14.7 Å². The predicted molar refractivity (Wildman–Crippen MR) is 72.9 cm³/mol. The molecule has 19 heavy (non-hydrogen) atoms. The van der Waals surface area contributed by atoms with Gasteiger partial charge in [-0.25, -0.2) is 0 Å². The molecule has 1 saturated heterocycles. The van der Waals surface area contributed by atoms with Gasteiger partial charge in [-0.05, 0) is 18.8 Å². The van der Waals surface area contributed by atoms with E-state index >= 15 is 0 Å². The van der Waals surface area contributed by atoms with E-state index in [0.717, 1.165) is 19.4 Å². The molecule has 0 aromatic heterocycles. The molecule has 3 unspecified atom stereocenters. The zero-order chi connectivity index (χ0) is 14.4. The lowest BCUT2D eigenvalue weighted by Crippen LogP contribution is -2.44. The molecule has 1 aliphatic heterocycles. The molecule has 1 fully saturated rings. The van der Waals surface area contributed by atoms with Crippen molar-refractivity contribution in [3.8, 4) is 0 Å². The highest BCUT2D eigenvalue weighted by Gasteiger charge is 2.30. The minimum absolute atomic E-state index is 0.0160. The van der Waals surface area contributed by atoms with E-state index in [4.69, 9.17) is 15.7 Å². The molecule has 0 spiro atoms. The molecule has 0 saturated carbocycles. The average molecular weight is 271 g/mol. The minimum atomic E-state index is -0.590. The Labute approximate surface area is 114 Å². The number of nitrogens with zero attached hydrogens (tertiary/aromatic N) is 1. The quantitative estimate of drug-likeness (QED) is 0.290. The fraction of sp³-hybridized carbons (Fsp3) is 0.846. The van der Waals surface area contributed by atoms with Crippen molar-refractivity contribution in [2.24, 2.45) is 28.6 Å². The van der Waals surface area contributed by atoms with Crippen LogP contribution in [0.2, 0.25) is 0 Å². The molecular weight excluding hydrogens is 246 g/mol. The van der Waals surface area contributed by atoms with Gasteiger partial charge in [0.2, 0.25) is 5.91 Å². The number of amides is 1. The molecule has 1 heterocycles. The Bertz CT molecular complexity index is 331. The smallest absolute Gasteiger partial charge is 0.231 e. The van der Waals surface area contributed by atoms with Gasteiger partial charge in [-0.2, -0.15) is 0 Å². The lowest BCUT2D eigenvalue weighted by molar-refractivity contribution is -0.124. The van der Waals surface area contributed by atoms with E-state index in [9.17, 15) is 4.79 Å². The highest BCUT2D eigenvalue weighted by molar-refractivity contribution is 6.02. The normalized spacial score (nSPS) is 25.6. The van der Waals surface area contributed by atoms with Crippen molar-refractivity contribution in [2.45, 2.75) is 39.7 Å². The molecule has 1 aliphatic rings. The van der Waals surface area contributed by atoms with Crippen LogP contribution >= 0.6 is 0 Å². The van der Waals surface area contributed by atoms with Crippen LogP contribution in [-0.2, 0) is 9.53 Å². The minimum Gasteiger partial charge on any atom is -0.409 e. The Morgan fingerprint density at radius 3 is 2.79 bits per heavy atom. The molecule has 1 amide bonds. The van der Waals surface area contributed by atoms with Gasteiger partial charge in [-0.15, -0.1) is 0 Å². The Kier molecular flexibility index (Phi) is 6.08. The zero-order valence-corrected chi connectivity index (χ0v) is 11.9. The van der Waals surface area contributed by atoms with Gasteiger partial charge >= 0.3 is 0 Å². The molecule has 4 N–H and O–H groups in total. The number of nitrogens with two attached hydrogens (primary N) is 1. The molecule has 0 radical (unpaired) electrons. The summed E-state index contributed by atoms with van der Waals surface area (Å²) in [6.45, 7) is 7.16. The number of hydrogen-bond donors (Lipinski definition) is 3. The van der Waals surface area contributed by atoms with Crippen molar-refractivity contribution in [1.82, 2.24) is 5.32 Å². The molecule has 6 heteroatoms. The maximum atomic E-state index is 12.1. The molecule has 0 bridgehead atoms. The van der Waals surface area contributed by atoms with Crippen LogP contribution in [0.3, 0.4) is 0 Å². The zero-order valence-electron chi connectivity index (χ0n) is 11.9. The van der Waals surface area contributed by atoms with E-state index in [-0.39, 0.29) is 23.8 Å². The van der Waals surface area contributed by atoms with Crippen LogP contribution in [0.1, 0.15) is 33.6 Å². The first-order chi connectivity index (χ1) is 9.01. The number of oxime groups is 1. The third kappa shape index (κ3) is 4.09. The Morgan fingerprint density at radius 2 is 2.26 bits per heavy atom. The van der Waals surface area contributed by atoms with E-state index in [0.29, 0.717) is 12.5 Å². The second-order valence-electron chi connectivity index (χ2n) is 5.36. The third-order valence-electron chi connectivity index (χ3n) is 3.67. The average Bonchev–Trinajstić information content (AvgIpc) is 2.83. The van der Waals surface area contributed by atoms with Gasteiger partial charge in [0.15, 0.2) is 5.84 Å². The van der Waals surface area contributed by atoms with Crippen LogP contribution in [0.15, 0.2) is 5.16 Å². The lowest BCUT2D eigenvalue weighted by Gasteiger charge is -2.22. The van der Waals surface area contributed by atoms with Crippen molar-refractivity contribution >= 4 is 11.7 Å². The number of carbonyl (C=O) groups excluding carboxylic acids is 1. The second kappa shape index (κ2) is 7.33. The highest BCUT2D eigenvalue weighted by atomic mass is 16.5. The largest absolute Gasteiger partial charge is 0.409 e. The first-order valence-corrected chi connectivity index (χ1v) is 6.87. The van der Waals surface area contributed by atoms with Crippen molar-refractivity contribution in [3.63, 3.8) is 0 Å². The second-order valence-corrected chi connectivity index (χ2v) is 5.36.